The molecule has 1 amide bonds. The van der Waals surface area contributed by atoms with Gasteiger partial charge in [0.05, 0.1) is 5.75 Å². The minimum absolute atomic E-state index is 0.0966. The van der Waals surface area contributed by atoms with E-state index in [1.165, 1.54) is 43.1 Å². The summed E-state index contributed by atoms with van der Waals surface area (Å²) in [6, 6.07) is 6.10. The van der Waals surface area contributed by atoms with E-state index in [2.05, 4.69) is 27.1 Å². The number of hydrogen-bond acceptors (Lipinski definition) is 7. The second kappa shape index (κ2) is 9.04. The molecule has 9 heteroatoms. The topological polar surface area (TPSA) is 71.0 Å². The maximum absolute atomic E-state index is 13.0. The number of piperidine rings is 1. The number of rotatable bonds is 6. The van der Waals surface area contributed by atoms with Crippen LogP contribution in [0.25, 0.3) is 10.3 Å². The van der Waals surface area contributed by atoms with Gasteiger partial charge in [-0.1, -0.05) is 42.2 Å². The van der Waals surface area contributed by atoms with Gasteiger partial charge < -0.3 is 10.2 Å². The number of thioether (sulfide) groups is 1. The molecule has 1 fully saturated rings. The van der Waals surface area contributed by atoms with Crippen LogP contribution in [0.2, 0.25) is 0 Å². The lowest BCUT2D eigenvalue weighted by Gasteiger charge is -2.30. The fraction of sp³-hybridized carbons (Fsp3) is 0.400. The summed E-state index contributed by atoms with van der Waals surface area (Å²) in [6.45, 7) is 4.68. The molecule has 29 heavy (non-hydrogen) atoms. The molecule has 0 saturated carbocycles. The monoisotopic (exact) mass is 431 g/mol. The molecule has 4 rings (SSSR count). The van der Waals surface area contributed by atoms with Crippen LogP contribution >= 0.6 is 23.1 Å². The first-order valence-corrected chi connectivity index (χ1v) is 11.4. The number of aromatic nitrogens is 3. The maximum atomic E-state index is 13.0. The molecular weight excluding hydrogens is 409 g/mol. The Kier molecular flexibility index (Phi) is 6.25. The lowest BCUT2D eigenvalue weighted by molar-refractivity contribution is -0.118. The van der Waals surface area contributed by atoms with Crippen molar-refractivity contribution in [3.8, 4) is 0 Å². The third-order valence-corrected chi connectivity index (χ3v) is 7.05. The van der Waals surface area contributed by atoms with Crippen molar-refractivity contribution in [3.05, 3.63) is 42.0 Å². The van der Waals surface area contributed by atoms with Gasteiger partial charge >= 0.3 is 0 Å². The zero-order chi connectivity index (χ0) is 20.2. The SMILES string of the molecule is CC1CCCN(c2nc3ncnc(SCC(=O)NCc4ccc(F)cc4)c3s2)C1. The molecule has 6 nitrogen and oxygen atoms in total. The molecule has 2 aromatic heterocycles. The number of amides is 1. The molecule has 0 radical (unpaired) electrons. The first-order chi connectivity index (χ1) is 14.1. The Balaban J connectivity index is 1.38. The van der Waals surface area contributed by atoms with E-state index in [4.69, 9.17) is 4.98 Å². The van der Waals surface area contributed by atoms with Gasteiger partial charge in [0.2, 0.25) is 5.91 Å². The van der Waals surface area contributed by atoms with Crippen LogP contribution in [0.1, 0.15) is 25.3 Å². The number of halogens is 1. The normalized spacial score (nSPS) is 16.9. The van der Waals surface area contributed by atoms with E-state index in [9.17, 15) is 9.18 Å². The predicted octanol–water partition coefficient (Wildman–Crippen LogP) is 3.87. The second-order valence-electron chi connectivity index (χ2n) is 7.21. The second-order valence-corrected chi connectivity index (χ2v) is 9.15. The van der Waals surface area contributed by atoms with Crippen LogP contribution in [0.5, 0.6) is 0 Å². The van der Waals surface area contributed by atoms with Crippen LogP contribution in [-0.2, 0) is 11.3 Å². The maximum Gasteiger partial charge on any atom is 0.230 e. The van der Waals surface area contributed by atoms with Crippen molar-refractivity contribution in [3.63, 3.8) is 0 Å². The van der Waals surface area contributed by atoms with Crippen molar-refractivity contribution in [1.82, 2.24) is 20.3 Å². The number of thiazole rings is 1. The minimum atomic E-state index is -0.286. The molecular formula is C20H22FN5OS2. The van der Waals surface area contributed by atoms with Gasteiger partial charge in [0.15, 0.2) is 10.8 Å². The fourth-order valence-electron chi connectivity index (χ4n) is 3.31. The minimum Gasteiger partial charge on any atom is -0.351 e. The third-order valence-electron chi connectivity index (χ3n) is 4.82. The number of anilines is 1. The lowest BCUT2D eigenvalue weighted by atomic mass is 10.0. The molecule has 1 aliphatic heterocycles. The van der Waals surface area contributed by atoms with Crippen molar-refractivity contribution in [2.45, 2.75) is 31.3 Å². The molecule has 0 spiro atoms. The molecule has 0 bridgehead atoms. The van der Waals surface area contributed by atoms with E-state index in [0.29, 0.717) is 18.1 Å². The number of benzene rings is 1. The van der Waals surface area contributed by atoms with Gasteiger partial charge in [0, 0.05) is 19.6 Å². The lowest BCUT2D eigenvalue weighted by Crippen LogP contribution is -2.34. The van der Waals surface area contributed by atoms with Gasteiger partial charge in [0.1, 0.15) is 21.9 Å². The van der Waals surface area contributed by atoms with E-state index in [0.717, 1.165) is 33.5 Å². The highest BCUT2D eigenvalue weighted by Gasteiger charge is 2.21. The molecule has 3 aromatic rings. The van der Waals surface area contributed by atoms with Crippen LogP contribution in [0.15, 0.2) is 35.6 Å². The van der Waals surface area contributed by atoms with E-state index >= 15 is 0 Å². The fourth-order valence-corrected chi connectivity index (χ4v) is 5.27. The Bertz CT molecular complexity index is 994. The highest BCUT2D eigenvalue weighted by atomic mass is 32.2. The molecule has 1 aromatic carbocycles. The van der Waals surface area contributed by atoms with Crippen molar-refractivity contribution in [2.24, 2.45) is 5.92 Å². The summed E-state index contributed by atoms with van der Waals surface area (Å²) in [5.41, 5.74) is 1.55. The van der Waals surface area contributed by atoms with Gasteiger partial charge in [-0.05, 0) is 36.5 Å². The molecule has 1 saturated heterocycles. The molecule has 1 aliphatic rings. The quantitative estimate of drug-likeness (QED) is 0.472. The molecule has 3 heterocycles. The first-order valence-electron chi connectivity index (χ1n) is 9.59. The van der Waals surface area contributed by atoms with Crippen molar-refractivity contribution >= 4 is 44.5 Å². The Morgan fingerprint density at radius 1 is 1.34 bits per heavy atom. The van der Waals surface area contributed by atoms with Crippen LogP contribution < -0.4 is 10.2 Å². The highest BCUT2D eigenvalue weighted by Crippen LogP contribution is 2.35. The highest BCUT2D eigenvalue weighted by molar-refractivity contribution is 8.00. The third kappa shape index (κ3) is 5.02. The van der Waals surface area contributed by atoms with E-state index < -0.39 is 0 Å². The van der Waals surface area contributed by atoms with E-state index in [-0.39, 0.29) is 17.5 Å². The Hall–Kier alpha value is -2.26. The average molecular weight is 432 g/mol. The summed E-state index contributed by atoms with van der Waals surface area (Å²) in [6.07, 6.45) is 3.94. The Morgan fingerprint density at radius 2 is 2.17 bits per heavy atom. The smallest absolute Gasteiger partial charge is 0.230 e. The summed E-state index contributed by atoms with van der Waals surface area (Å²) < 4.78 is 13.9. The summed E-state index contributed by atoms with van der Waals surface area (Å²) in [5.74, 6) is 0.536. The van der Waals surface area contributed by atoms with Crippen LogP contribution in [-0.4, -0.2) is 39.7 Å². The van der Waals surface area contributed by atoms with Crippen molar-refractivity contribution in [1.29, 1.82) is 0 Å². The zero-order valence-corrected chi connectivity index (χ0v) is 17.7. The number of carbonyl (C=O) groups is 1. The summed E-state index contributed by atoms with van der Waals surface area (Å²) in [5, 5.41) is 4.61. The van der Waals surface area contributed by atoms with Gasteiger partial charge in [-0.25, -0.2) is 14.4 Å². The zero-order valence-electron chi connectivity index (χ0n) is 16.1. The van der Waals surface area contributed by atoms with Crippen LogP contribution in [0.3, 0.4) is 0 Å². The Morgan fingerprint density at radius 3 is 2.97 bits per heavy atom. The first kappa shape index (κ1) is 20.0. The summed E-state index contributed by atoms with van der Waals surface area (Å²) in [7, 11) is 0. The van der Waals surface area contributed by atoms with Gasteiger partial charge in [0.25, 0.3) is 0 Å². The number of hydrogen-bond donors (Lipinski definition) is 1. The van der Waals surface area contributed by atoms with E-state index in [1.807, 2.05) is 0 Å². The predicted molar refractivity (Wildman–Crippen MR) is 115 cm³/mol. The molecule has 1 unspecified atom stereocenters. The van der Waals surface area contributed by atoms with Crippen LogP contribution in [0.4, 0.5) is 9.52 Å². The largest absolute Gasteiger partial charge is 0.351 e. The van der Waals surface area contributed by atoms with E-state index in [1.54, 1.807) is 23.5 Å². The molecule has 152 valence electrons. The van der Waals surface area contributed by atoms with Gasteiger partial charge in [-0.15, -0.1) is 0 Å². The van der Waals surface area contributed by atoms with Crippen molar-refractivity contribution < 1.29 is 9.18 Å². The number of nitrogens with one attached hydrogen (secondary N) is 1. The average Bonchev–Trinajstić information content (AvgIpc) is 3.17. The number of nitrogens with zero attached hydrogens (tertiary/aromatic N) is 4. The standard InChI is InChI=1S/C20H22FN5OS2/c1-13-3-2-8-26(10-13)20-25-18-17(29-20)19(24-12-23-18)28-11-16(27)22-9-14-4-6-15(21)7-5-14/h4-7,12-13H,2-3,8-11H2,1H3,(H,22,27). The van der Waals surface area contributed by atoms with Crippen molar-refractivity contribution in [2.75, 3.05) is 23.7 Å². The molecule has 1 atom stereocenters. The number of fused-ring (bicyclic) bond motifs is 1. The molecule has 1 N–H and O–H groups in total. The van der Waals surface area contributed by atoms with Gasteiger partial charge in [-0.3, -0.25) is 4.79 Å². The van der Waals surface area contributed by atoms with Crippen LogP contribution in [0, 0.1) is 11.7 Å². The Labute approximate surface area is 177 Å². The van der Waals surface area contributed by atoms with Gasteiger partial charge in [-0.2, -0.15) is 4.98 Å². The number of carbonyl (C=O) groups excluding carboxylic acids is 1. The molecule has 0 aliphatic carbocycles. The summed E-state index contributed by atoms with van der Waals surface area (Å²) in [4.78, 5) is 27.9. The summed E-state index contributed by atoms with van der Waals surface area (Å²) >= 11 is 2.98.